The van der Waals surface area contributed by atoms with Gasteiger partial charge >= 0.3 is 0 Å². The van der Waals surface area contributed by atoms with Crippen LogP contribution in [0.5, 0.6) is 0 Å². The fourth-order valence-electron chi connectivity index (χ4n) is 1.83. The van der Waals surface area contributed by atoms with Crippen molar-refractivity contribution < 1.29 is 4.79 Å². The highest BCUT2D eigenvalue weighted by Crippen LogP contribution is 2.25. The molecule has 0 bridgehead atoms. The lowest BCUT2D eigenvalue weighted by Gasteiger charge is -2.17. The van der Waals surface area contributed by atoms with Crippen molar-refractivity contribution >= 4 is 35.3 Å². The van der Waals surface area contributed by atoms with Gasteiger partial charge in [-0.05, 0) is 31.5 Å². The molecule has 0 radical (unpaired) electrons. The molecule has 0 fully saturated rings. The molecule has 1 atom stereocenters. The Hall–Kier alpha value is -1.65. The third kappa shape index (κ3) is 3.26. The molecular weight excluding hydrogens is 297 g/mol. The Kier molecular flexibility index (Phi) is 4.57. The highest BCUT2D eigenvalue weighted by Gasteiger charge is 2.14. The molecule has 1 unspecified atom stereocenters. The number of anilines is 1. The van der Waals surface area contributed by atoms with Crippen LogP contribution in [0.1, 0.15) is 34.7 Å². The second-order valence-electron chi connectivity index (χ2n) is 4.36. The summed E-state index contributed by atoms with van der Waals surface area (Å²) < 4.78 is 0. The zero-order chi connectivity index (χ0) is 14.7. The van der Waals surface area contributed by atoms with Crippen LogP contribution in [0.2, 0.25) is 10.2 Å². The lowest BCUT2D eigenvalue weighted by molar-refractivity contribution is 0.112. The minimum absolute atomic E-state index is 0.0715. The van der Waals surface area contributed by atoms with Gasteiger partial charge in [0.25, 0.3) is 0 Å². The minimum atomic E-state index is -0.0715. The number of hydrogen-bond acceptors (Lipinski definition) is 4. The van der Waals surface area contributed by atoms with E-state index in [4.69, 9.17) is 23.2 Å². The van der Waals surface area contributed by atoms with Gasteiger partial charge in [-0.25, -0.2) is 9.97 Å². The van der Waals surface area contributed by atoms with E-state index >= 15 is 0 Å². The Balaban J connectivity index is 2.32. The maximum absolute atomic E-state index is 11.1. The van der Waals surface area contributed by atoms with Gasteiger partial charge in [0.15, 0.2) is 6.29 Å². The average molecular weight is 310 g/mol. The van der Waals surface area contributed by atoms with E-state index in [9.17, 15) is 4.79 Å². The van der Waals surface area contributed by atoms with Gasteiger partial charge < -0.3 is 5.32 Å². The maximum atomic E-state index is 11.1. The van der Waals surface area contributed by atoms with E-state index < -0.39 is 0 Å². The smallest absolute Gasteiger partial charge is 0.156 e. The molecule has 1 N–H and O–H groups in total. The summed E-state index contributed by atoms with van der Waals surface area (Å²) in [5, 5.41) is 3.96. The van der Waals surface area contributed by atoms with Crippen LogP contribution in [0.15, 0.2) is 24.3 Å². The summed E-state index contributed by atoms with van der Waals surface area (Å²) in [5.41, 5.74) is 1.24. The second kappa shape index (κ2) is 6.20. The van der Waals surface area contributed by atoms with Crippen molar-refractivity contribution in [2.45, 2.75) is 19.9 Å². The number of carbonyl (C=O) groups excluding carboxylic acids is 1. The van der Waals surface area contributed by atoms with E-state index in [1.807, 2.05) is 25.1 Å². The van der Waals surface area contributed by atoms with Crippen LogP contribution in [-0.2, 0) is 0 Å². The van der Waals surface area contributed by atoms with E-state index in [0.717, 1.165) is 5.56 Å². The predicted octanol–water partition coefficient (Wildman–Crippen LogP) is 4.08. The Bertz CT molecular complexity index is 646. The molecule has 0 aliphatic carbocycles. The summed E-state index contributed by atoms with van der Waals surface area (Å²) in [6.07, 6.45) is 0.648. The normalized spacial score (nSPS) is 12.0. The van der Waals surface area contributed by atoms with Crippen molar-refractivity contribution in [1.29, 1.82) is 0 Å². The van der Waals surface area contributed by atoms with Gasteiger partial charge in [0.2, 0.25) is 0 Å². The van der Waals surface area contributed by atoms with E-state index in [-0.39, 0.29) is 16.8 Å². The van der Waals surface area contributed by atoms with E-state index in [2.05, 4.69) is 15.3 Å². The van der Waals surface area contributed by atoms with Crippen molar-refractivity contribution in [1.82, 2.24) is 9.97 Å². The van der Waals surface area contributed by atoms with Crippen molar-refractivity contribution in [2.24, 2.45) is 0 Å². The van der Waals surface area contributed by atoms with Gasteiger partial charge in [-0.2, -0.15) is 0 Å². The molecule has 0 aliphatic rings. The molecule has 0 saturated carbocycles. The van der Waals surface area contributed by atoms with Crippen molar-refractivity contribution in [2.75, 3.05) is 5.32 Å². The SMILES string of the molecule is Cc1nc(Cl)c(C=O)c(NC(C)c2cccc(Cl)c2)n1. The number of nitrogens with zero attached hydrogens (tertiary/aromatic N) is 2. The number of aromatic nitrogens is 2. The largest absolute Gasteiger partial charge is 0.363 e. The van der Waals surface area contributed by atoms with Gasteiger partial charge in [0.05, 0.1) is 11.6 Å². The summed E-state index contributed by atoms with van der Waals surface area (Å²) in [6.45, 7) is 3.67. The number of halogens is 2. The zero-order valence-corrected chi connectivity index (χ0v) is 12.5. The van der Waals surface area contributed by atoms with Crippen LogP contribution in [0.25, 0.3) is 0 Å². The van der Waals surface area contributed by atoms with Crippen LogP contribution in [-0.4, -0.2) is 16.3 Å². The molecule has 1 aromatic carbocycles. The number of nitrogens with one attached hydrogen (secondary N) is 1. The van der Waals surface area contributed by atoms with E-state index in [0.29, 0.717) is 23.0 Å². The summed E-state index contributed by atoms with van der Waals surface area (Å²) in [5.74, 6) is 0.923. The van der Waals surface area contributed by atoms with Gasteiger partial charge in [0.1, 0.15) is 16.8 Å². The Morgan fingerprint density at radius 2 is 2.05 bits per heavy atom. The van der Waals surface area contributed by atoms with Crippen molar-refractivity contribution in [3.63, 3.8) is 0 Å². The molecule has 2 rings (SSSR count). The molecule has 0 saturated heterocycles. The van der Waals surface area contributed by atoms with Gasteiger partial charge in [-0.15, -0.1) is 0 Å². The molecule has 0 spiro atoms. The number of benzene rings is 1. The predicted molar refractivity (Wildman–Crippen MR) is 80.7 cm³/mol. The molecule has 1 heterocycles. The number of aldehydes is 1. The lowest BCUT2D eigenvalue weighted by atomic mass is 10.1. The van der Waals surface area contributed by atoms with E-state index in [1.54, 1.807) is 13.0 Å². The first-order valence-corrected chi connectivity index (χ1v) is 6.78. The number of rotatable bonds is 4. The maximum Gasteiger partial charge on any atom is 0.156 e. The van der Waals surface area contributed by atoms with Gasteiger partial charge in [-0.3, -0.25) is 4.79 Å². The van der Waals surface area contributed by atoms with Crippen molar-refractivity contribution in [3.05, 3.63) is 51.4 Å². The Morgan fingerprint density at radius 3 is 2.70 bits per heavy atom. The summed E-state index contributed by atoms with van der Waals surface area (Å²) in [7, 11) is 0. The number of carbonyl (C=O) groups is 1. The molecule has 0 amide bonds. The zero-order valence-electron chi connectivity index (χ0n) is 11.0. The fraction of sp³-hybridized carbons (Fsp3) is 0.214. The minimum Gasteiger partial charge on any atom is -0.363 e. The van der Waals surface area contributed by atoms with E-state index in [1.165, 1.54) is 0 Å². The van der Waals surface area contributed by atoms with Crippen molar-refractivity contribution in [3.8, 4) is 0 Å². The quantitative estimate of drug-likeness (QED) is 0.683. The average Bonchev–Trinajstić information content (AvgIpc) is 2.38. The van der Waals surface area contributed by atoms with Gasteiger partial charge in [-0.1, -0.05) is 35.3 Å². The highest BCUT2D eigenvalue weighted by molar-refractivity contribution is 6.32. The Labute approximate surface area is 127 Å². The Morgan fingerprint density at radius 1 is 1.30 bits per heavy atom. The molecule has 20 heavy (non-hydrogen) atoms. The molecular formula is C14H13Cl2N3O. The van der Waals surface area contributed by atoms with Crippen LogP contribution in [0.3, 0.4) is 0 Å². The first-order valence-electron chi connectivity index (χ1n) is 6.02. The first kappa shape index (κ1) is 14.8. The summed E-state index contributed by atoms with van der Waals surface area (Å²) >= 11 is 11.9. The summed E-state index contributed by atoms with van der Waals surface area (Å²) in [6, 6.07) is 7.40. The van der Waals surface area contributed by atoms with Crippen LogP contribution < -0.4 is 5.32 Å². The topological polar surface area (TPSA) is 54.9 Å². The van der Waals surface area contributed by atoms with Crippen LogP contribution in [0, 0.1) is 6.92 Å². The molecule has 1 aromatic heterocycles. The monoisotopic (exact) mass is 309 g/mol. The number of aryl methyl sites for hydroxylation is 1. The third-order valence-electron chi connectivity index (χ3n) is 2.83. The molecule has 2 aromatic rings. The second-order valence-corrected chi connectivity index (χ2v) is 5.16. The first-order chi connectivity index (χ1) is 9.51. The number of hydrogen-bond donors (Lipinski definition) is 1. The highest BCUT2D eigenvalue weighted by atomic mass is 35.5. The molecule has 6 heteroatoms. The lowest BCUT2D eigenvalue weighted by Crippen LogP contribution is -2.11. The molecule has 104 valence electrons. The fourth-order valence-corrected chi connectivity index (χ4v) is 2.28. The summed E-state index contributed by atoms with van der Waals surface area (Å²) in [4.78, 5) is 19.3. The standard InChI is InChI=1S/C14H13Cl2N3O/c1-8(10-4-3-5-11(15)6-10)17-14-12(7-20)13(16)18-9(2)19-14/h3-8H,1-2H3,(H,17,18,19). The van der Waals surface area contributed by atoms with Gasteiger partial charge in [0, 0.05) is 5.02 Å². The molecule has 4 nitrogen and oxygen atoms in total. The molecule has 0 aliphatic heterocycles. The van der Waals surface area contributed by atoms with Crippen LogP contribution >= 0.6 is 23.2 Å². The van der Waals surface area contributed by atoms with Crippen LogP contribution in [0.4, 0.5) is 5.82 Å². The third-order valence-corrected chi connectivity index (χ3v) is 3.35.